The molecular weight excluding hydrogens is 258 g/mol. The van der Waals surface area contributed by atoms with E-state index in [9.17, 15) is 0 Å². The van der Waals surface area contributed by atoms with Gasteiger partial charge in [-0.15, -0.1) is 0 Å². The first-order valence-corrected chi connectivity index (χ1v) is 8.62. The maximum absolute atomic E-state index is 5.27. The molecule has 1 N–H and O–H groups in total. The van der Waals surface area contributed by atoms with Crippen molar-refractivity contribution in [1.29, 1.82) is 0 Å². The summed E-state index contributed by atoms with van der Waals surface area (Å²) in [5.41, 5.74) is 1.39. The average Bonchev–Trinajstić information content (AvgIpc) is 2.54. The number of rotatable bonds is 11. The Labute approximate surface area is 131 Å². The lowest BCUT2D eigenvalue weighted by Crippen LogP contribution is -2.24. The summed E-state index contributed by atoms with van der Waals surface area (Å²) in [6, 6.07) is 9.03. The van der Waals surface area contributed by atoms with Gasteiger partial charge in [-0.25, -0.2) is 0 Å². The Bertz CT molecular complexity index is 360. The Morgan fingerprint density at radius 3 is 2.29 bits per heavy atom. The van der Waals surface area contributed by atoms with Gasteiger partial charge >= 0.3 is 0 Å². The summed E-state index contributed by atoms with van der Waals surface area (Å²) < 4.78 is 5.27. The Hall–Kier alpha value is -1.02. The van der Waals surface area contributed by atoms with Gasteiger partial charge in [0.15, 0.2) is 0 Å². The Balaban J connectivity index is 2.72. The van der Waals surface area contributed by atoms with Gasteiger partial charge in [0.1, 0.15) is 5.75 Å². The summed E-state index contributed by atoms with van der Waals surface area (Å²) in [4.78, 5) is 0. The van der Waals surface area contributed by atoms with E-state index in [1.54, 1.807) is 7.11 Å². The molecule has 2 unspecified atom stereocenters. The molecule has 0 aromatic heterocycles. The third-order valence-electron chi connectivity index (χ3n) is 4.27. The second-order valence-corrected chi connectivity index (χ2v) is 5.93. The SMILES string of the molecule is CCCCC(CC)CC(NCCC)c1ccc(OC)cc1. The van der Waals surface area contributed by atoms with E-state index in [0.717, 1.165) is 18.2 Å². The molecule has 0 aliphatic heterocycles. The first-order valence-electron chi connectivity index (χ1n) is 8.62. The highest BCUT2D eigenvalue weighted by Gasteiger charge is 2.16. The van der Waals surface area contributed by atoms with Crippen LogP contribution in [0.2, 0.25) is 0 Å². The summed E-state index contributed by atoms with van der Waals surface area (Å²) in [5.74, 6) is 1.76. The van der Waals surface area contributed by atoms with Gasteiger partial charge in [0.25, 0.3) is 0 Å². The van der Waals surface area contributed by atoms with Crippen LogP contribution in [0.15, 0.2) is 24.3 Å². The second-order valence-electron chi connectivity index (χ2n) is 5.93. The van der Waals surface area contributed by atoms with Crippen LogP contribution in [-0.2, 0) is 0 Å². The molecule has 2 nitrogen and oxygen atoms in total. The molecule has 0 heterocycles. The number of nitrogens with one attached hydrogen (secondary N) is 1. The van der Waals surface area contributed by atoms with E-state index in [2.05, 4.69) is 50.4 Å². The molecule has 1 aromatic rings. The van der Waals surface area contributed by atoms with Gasteiger partial charge < -0.3 is 10.1 Å². The minimum absolute atomic E-state index is 0.470. The molecule has 0 radical (unpaired) electrons. The fraction of sp³-hybridized carbons (Fsp3) is 0.684. The van der Waals surface area contributed by atoms with Gasteiger partial charge in [-0.05, 0) is 43.0 Å². The van der Waals surface area contributed by atoms with E-state index in [-0.39, 0.29) is 0 Å². The molecule has 2 atom stereocenters. The number of ether oxygens (including phenoxy) is 1. The Kier molecular flexibility index (Phi) is 9.16. The fourth-order valence-corrected chi connectivity index (χ4v) is 2.81. The van der Waals surface area contributed by atoms with Crippen LogP contribution in [-0.4, -0.2) is 13.7 Å². The molecule has 0 bridgehead atoms. The Morgan fingerprint density at radius 2 is 1.76 bits per heavy atom. The zero-order valence-corrected chi connectivity index (χ0v) is 14.3. The van der Waals surface area contributed by atoms with Gasteiger partial charge in [0.05, 0.1) is 7.11 Å². The molecule has 0 saturated heterocycles. The van der Waals surface area contributed by atoms with Crippen molar-refractivity contribution < 1.29 is 4.74 Å². The minimum atomic E-state index is 0.470. The predicted molar refractivity (Wildman–Crippen MR) is 92.0 cm³/mol. The van der Waals surface area contributed by atoms with E-state index in [1.165, 1.54) is 44.1 Å². The summed E-state index contributed by atoms with van der Waals surface area (Å²) in [6.07, 6.45) is 7.70. The smallest absolute Gasteiger partial charge is 0.118 e. The van der Waals surface area contributed by atoms with Crippen molar-refractivity contribution >= 4 is 0 Å². The standard InChI is InChI=1S/C19H33NO/c1-5-8-9-16(7-3)15-19(20-14-6-2)17-10-12-18(21-4)13-11-17/h10-13,16,19-20H,5-9,14-15H2,1-4H3. The van der Waals surface area contributed by atoms with Crippen LogP contribution in [0.25, 0.3) is 0 Å². The van der Waals surface area contributed by atoms with Gasteiger partial charge in [-0.2, -0.15) is 0 Å². The molecule has 2 heteroatoms. The zero-order chi connectivity index (χ0) is 15.5. The van der Waals surface area contributed by atoms with E-state index in [1.807, 2.05) is 0 Å². The molecule has 0 amide bonds. The van der Waals surface area contributed by atoms with Crippen molar-refractivity contribution in [3.05, 3.63) is 29.8 Å². The second kappa shape index (κ2) is 10.7. The molecular formula is C19H33NO. The third kappa shape index (κ3) is 6.52. The van der Waals surface area contributed by atoms with Crippen molar-refractivity contribution in [2.45, 2.75) is 65.3 Å². The van der Waals surface area contributed by atoms with Gasteiger partial charge in [0, 0.05) is 6.04 Å². The number of hydrogen-bond acceptors (Lipinski definition) is 2. The zero-order valence-electron chi connectivity index (χ0n) is 14.3. The minimum Gasteiger partial charge on any atom is -0.497 e. The monoisotopic (exact) mass is 291 g/mol. The molecule has 0 saturated carbocycles. The number of methoxy groups -OCH3 is 1. The summed E-state index contributed by atoms with van der Waals surface area (Å²) in [7, 11) is 1.72. The van der Waals surface area contributed by atoms with Crippen LogP contribution in [0.3, 0.4) is 0 Å². The normalized spacial score (nSPS) is 13.9. The summed E-state index contributed by atoms with van der Waals surface area (Å²) >= 11 is 0. The van der Waals surface area contributed by atoms with E-state index in [4.69, 9.17) is 4.74 Å². The van der Waals surface area contributed by atoms with Gasteiger partial charge in [0.2, 0.25) is 0 Å². The van der Waals surface area contributed by atoms with Crippen molar-refractivity contribution in [2.75, 3.05) is 13.7 Å². The van der Waals surface area contributed by atoms with Crippen LogP contribution >= 0.6 is 0 Å². The molecule has 1 rings (SSSR count). The number of hydrogen-bond donors (Lipinski definition) is 1. The maximum Gasteiger partial charge on any atom is 0.118 e. The first kappa shape index (κ1) is 18.0. The maximum atomic E-state index is 5.27. The van der Waals surface area contributed by atoms with E-state index < -0.39 is 0 Å². The lowest BCUT2D eigenvalue weighted by Gasteiger charge is -2.24. The predicted octanol–water partition coefficient (Wildman–Crippen LogP) is 5.34. The molecule has 120 valence electrons. The first-order chi connectivity index (χ1) is 10.2. The molecule has 0 aliphatic carbocycles. The molecule has 0 aliphatic rings. The van der Waals surface area contributed by atoms with Crippen LogP contribution < -0.4 is 10.1 Å². The van der Waals surface area contributed by atoms with Crippen LogP contribution in [0, 0.1) is 5.92 Å². The quantitative estimate of drug-likeness (QED) is 0.594. The van der Waals surface area contributed by atoms with Gasteiger partial charge in [-0.1, -0.05) is 58.6 Å². The van der Waals surface area contributed by atoms with E-state index in [0.29, 0.717) is 6.04 Å². The van der Waals surface area contributed by atoms with Crippen molar-refractivity contribution in [3.8, 4) is 5.75 Å². The van der Waals surface area contributed by atoms with Crippen molar-refractivity contribution in [2.24, 2.45) is 5.92 Å². The average molecular weight is 291 g/mol. The van der Waals surface area contributed by atoms with Crippen LogP contribution in [0.1, 0.15) is 70.9 Å². The van der Waals surface area contributed by atoms with Crippen molar-refractivity contribution in [1.82, 2.24) is 5.32 Å². The lowest BCUT2D eigenvalue weighted by molar-refractivity contribution is 0.353. The highest BCUT2D eigenvalue weighted by molar-refractivity contribution is 5.29. The number of unbranched alkanes of at least 4 members (excludes halogenated alkanes) is 1. The molecule has 1 aromatic carbocycles. The topological polar surface area (TPSA) is 21.3 Å². The highest BCUT2D eigenvalue weighted by atomic mass is 16.5. The molecule has 21 heavy (non-hydrogen) atoms. The van der Waals surface area contributed by atoms with Crippen molar-refractivity contribution in [3.63, 3.8) is 0 Å². The lowest BCUT2D eigenvalue weighted by atomic mass is 9.89. The van der Waals surface area contributed by atoms with Gasteiger partial charge in [-0.3, -0.25) is 0 Å². The van der Waals surface area contributed by atoms with E-state index >= 15 is 0 Å². The number of benzene rings is 1. The summed E-state index contributed by atoms with van der Waals surface area (Å²) in [6.45, 7) is 7.92. The third-order valence-corrected chi connectivity index (χ3v) is 4.27. The van der Waals surface area contributed by atoms with Crippen LogP contribution in [0.5, 0.6) is 5.75 Å². The fourth-order valence-electron chi connectivity index (χ4n) is 2.81. The summed E-state index contributed by atoms with van der Waals surface area (Å²) in [5, 5.41) is 3.72. The molecule has 0 fully saturated rings. The largest absolute Gasteiger partial charge is 0.497 e. The molecule has 0 spiro atoms. The Morgan fingerprint density at radius 1 is 1.05 bits per heavy atom. The van der Waals surface area contributed by atoms with Crippen LogP contribution in [0.4, 0.5) is 0 Å². The highest BCUT2D eigenvalue weighted by Crippen LogP contribution is 2.28.